The van der Waals surface area contributed by atoms with Gasteiger partial charge < -0.3 is 37.2 Å². The lowest BCUT2D eigenvalue weighted by atomic mass is 10.1. The SMILES string of the molecule is CS(=O)(=O)NC(=O)c1c(CCCOc2cccc3ccccc23)c2ccccc2n1Cc1ccccc1.Cc1cc(OCCCc2c(C(=O)NS(C)(=O)=O)n(C)c3ccccc23)ccc1Cl.Cc1cc(OCCCc2c(C(=O)NS(C)(=O)=O)n(Cc3ccccc3)c3ccccc23)ccc1Cl.Cn1c(C(=O)NS(C)(=O)=O)c(CCCOc2cccc3ccccc23)c2ccccc21. The Morgan fingerprint density at radius 3 is 0.894 bits per heavy atom. The van der Waals surface area contributed by atoms with Crippen molar-refractivity contribution >= 4 is 152 Å². The number of carbonyl (C=O) groups excluding carboxylic acids is 4. The summed E-state index contributed by atoms with van der Waals surface area (Å²) in [6.45, 7) is 6.55. The molecule has 0 spiro atoms. The highest BCUT2D eigenvalue weighted by molar-refractivity contribution is 7.90. The Labute approximate surface area is 778 Å². The number of nitrogens with zero attached hydrogens (tertiary/aromatic N) is 4. The van der Waals surface area contributed by atoms with Crippen molar-refractivity contribution in [1.82, 2.24) is 37.2 Å². The summed E-state index contributed by atoms with van der Waals surface area (Å²) in [6, 6.07) is 89.5. The van der Waals surface area contributed by atoms with E-state index in [9.17, 15) is 52.8 Å². The zero-order valence-corrected chi connectivity index (χ0v) is 78.9. The molecule has 0 unspecified atom stereocenters. The van der Waals surface area contributed by atoms with Crippen LogP contribution in [0.5, 0.6) is 23.0 Å². The summed E-state index contributed by atoms with van der Waals surface area (Å²) in [6.07, 6.45) is 8.80. The summed E-state index contributed by atoms with van der Waals surface area (Å²) in [5.41, 5.74) is 12.1. The van der Waals surface area contributed by atoms with E-state index in [4.69, 9.17) is 42.1 Å². The highest BCUT2D eigenvalue weighted by atomic mass is 35.5. The van der Waals surface area contributed by atoms with Gasteiger partial charge in [0.15, 0.2) is 0 Å². The second-order valence-electron chi connectivity index (χ2n) is 32.0. The summed E-state index contributed by atoms with van der Waals surface area (Å²) in [5.74, 6) is 0.601. The summed E-state index contributed by atoms with van der Waals surface area (Å²) in [7, 11) is -11.3. The van der Waals surface area contributed by atoms with Crippen LogP contribution in [0.4, 0.5) is 0 Å². The predicted octanol–water partition coefficient (Wildman–Crippen LogP) is 18.8. The van der Waals surface area contributed by atoms with E-state index in [-0.39, 0.29) is 0 Å². The fourth-order valence-electron chi connectivity index (χ4n) is 16.3. The van der Waals surface area contributed by atoms with Gasteiger partial charge >= 0.3 is 0 Å². The molecule has 4 amide bonds. The van der Waals surface area contributed by atoms with Crippen LogP contribution in [-0.4, -0.2) is 127 Å². The second kappa shape index (κ2) is 43.2. The van der Waals surface area contributed by atoms with Crippen molar-refractivity contribution < 1.29 is 71.8 Å². The summed E-state index contributed by atoms with van der Waals surface area (Å²) in [4.78, 5) is 51.9. The maximum atomic E-state index is 13.3. The minimum absolute atomic E-state index is 0.346. The number of ether oxygens (including phenoxy) is 4. The molecule has 0 bridgehead atoms. The first kappa shape index (κ1) is 96.3. The molecule has 0 saturated heterocycles. The molecule has 0 aliphatic heterocycles. The zero-order chi connectivity index (χ0) is 94.0. The maximum Gasteiger partial charge on any atom is 0.281 e. The van der Waals surface area contributed by atoms with E-state index in [1.165, 1.54) is 0 Å². The van der Waals surface area contributed by atoms with Gasteiger partial charge in [0.2, 0.25) is 40.1 Å². The average molecular weight is 1900 g/mol. The molecule has 4 aromatic heterocycles. The van der Waals surface area contributed by atoms with Gasteiger partial charge in [0.1, 0.15) is 45.8 Å². The Morgan fingerprint density at radius 1 is 0.303 bits per heavy atom. The molecule has 0 aliphatic rings. The second-order valence-corrected chi connectivity index (χ2v) is 39.8. The number of nitrogens with one attached hydrogen (secondary N) is 4. The number of para-hydroxylation sites is 4. The molecule has 16 rings (SSSR count). The van der Waals surface area contributed by atoms with Crippen LogP contribution < -0.4 is 37.8 Å². The van der Waals surface area contributed by atoms with Crippen molar-refractivity contribution in [3.63, 3.8) is 0 Å². The van der Waals surface area contributed by atoms with Crippen molar-refractivity contribution in [1.29, 1.82) is 0 Å². The Kier molecular flexibility index (Phi) is 31.5. The van der Waals surface area contributed by atoms with Gasteiger partial charge in [-0.3, -0.25) is 19.2 Å². The first-order chi connectivity index (χ1) is 63.2. The van der Waals surface area contributed by atoms with Crippen LogP contribution in [0.2, 0.25) is 10.0 Å². The molecule has 4 heterocycles. The van der Waals surface area contributed by atoms with Crippen LogP contribution in [-0.2, 0) is 93.0 Å². The van der Waals surface area contributed by atoms with Crippen molar-refractivity contribution in [2.75, 3.05) is 51.5 Å². The lowest BCUT2D eigenvalue weighted by Gasteiger charge is -2.13. The molecular weight excluding hydrogens is 1790 g/mol. The van der Waals surface area contributed by atoms with E-state index in [1.54, 1.807) is 35.4 Å². The lowest BCUT2D eigenvalue weighted by molar-refractivity contribution is 0.0963. The molecule has 0 fully saturated rings. The summed E-state index contributed by atoms with van der Waals surface area (Å²) in [5, 5.41) is 9.44. The third-order valence-electron chi connectivity index (χ3n) is 22.0. The smallest absolute Gasteiger partial charge is 0.281 e. The lowest BCUT2D eigenvalue weighted by Crippen LogP contribution is -2.32. The van der Waals surface area contributed by atoms with Crippen molar-refractivity contribution in [3.05, 3.63) is 356 Å². The van der Waals surface area contributed by atoms with Crippen LogP contribution in [0.25, 0.3) is 65.2 Å². The number of sulfonamides is 4. The highest BCUT2D eigenvalue weighted by Gasteiger charge is 2.29. The molecule has 30 heteroatoms. The van der Waals surface area contributed by atoms with Crippen LogP contribution in [0.15, 0.2) is 279 Å². The van der Waals surface area contributed by atoms with Gasteiger partial charge in [-0.1, -0.05) is 229 Å². The number of hydrogen-bond donors (Lipinski definition) is 4. The molecular formula is C102H102Cl2N8O16S4. The highest BCUT2D eigenvalue weighted by Crippen LogP contribution is 2.36. The van der Waals surface area contributed by atoms with E-state index in [0.29, 0.717) is 124 Å². The Morgan fingerprint density at radius 2 is 0.568 bits per heavy atom. The topological polar surface area (TPSA) is 310 Å². The number of aryl methyl sites for hydroxylation is 8. The van der Waals surface area contributed by atoms with Crippen LogP contribution in [0.3, 0.4) is 0 Å². The largest absolute Gasteiger partial charge is 0.494 e. The summed E-state index contributed by atoms with van der Waals surface area (Å²) >= 11 is 12.1. The van der Waals surface area contributed by atoms with Crippen LogP contribution >= 0.6 is 23.2 Å². The third kappa shape index (κ3) is 24.9. The standard InChI is InChI=1S/C30H28N2O4S.C27H27ClN2O4S.C24H24N2O4S.C21H23ClN2O4S/c1-37(34,35)31-30(33)29-26(17-10-20-36-28-19-9-14-23-13-5-6-15-24(23)28)25-16-7-8-18-27(25)32(29)21-22-11-3-2-4-12-22;1-19-17-21(14-15-24(19)28)34-16-8-12-23-22-11-6-7-13-25(22)30(18-20-9-4-3-5-10-20)26(23)27(31)29-35(2,32)33;1-26-21-14-6-5-12-19(21)20(23(26)24(27)25-31(2,28)29)13-8-16-30-22-15-7-10-17-9-3-4-11-18(17)22;1-14-13-15(10-11-18(14)22)28-12-6-8-17-16-7-4-5-9-19(16)24(2)20(17)21(25)23-29(3,26)27/h2-9,11-16,18-19H,10,17,20-21H2,1H3,(H,31,33);3-7,9-11,13-15,17H,8,12,16,18H2,1-2H3,(H,29,31);3-7,9-12,14-15H,8,13,16H2,1-2H3,(H,25,27);4-5,7,9-11,13H,6,8,12H2,1-3H3,(H,23,25). The van der Waals surface area contributed by atoms with E-state index < -0.39 is 63.7 Å². The maximum absolute atomic E-state index is 13.3. The van der Waals surface area contributed by atoms with E-state index in [2.05, 4.69) is 31.0 Å². The Bertz CT molecular complexity index is 7420. The molecule has 4 N–H and O–H groups in total. The number of halogens is 2. The normalized spacial score (nSPS) is 11.6. The van der Waals surface area contributed by atoms with Gasteiger partial charge in [0.25, 0.3) is 23.6 Å². The molecule has 0 atom stereocenters. The predicted molar refractivity (Wildman–Crippen MR) is 526 cm³/mol. The van der Waals surface area contributed by atoms with E-state index in [0.717, 1.165) is 158 Å². The van der Waals surface area contributed by atoms with Crippen molar-refractivity contribution in [2.45, 2.75) is 78.3 Å². The van der Waals surface area contributed by atoms with Crippen molar-refractivity contribution in [2.24, 2.45) is 14.1 Å². The average Bonchev–Trinajstić information content (AvgIpc) is 1.63. The number of rotatable bonds is 32. The van der Waals surface area contributed by atoms with Gasteiger partial charge in [-0.25, -0.2) is 52.6 Å². The first-order valence-electron chi connectivity index (χ1n) is 42.6. The Hall–Kier alpha value is -13.2. The summed E-state index contributed by atoms with van der Waals surface area (Å²) < 4.78 is 134. The fraction of sp³-hybridized carbons (Fsp3) is 0.216. The number of fused-ring (bicyclic) bond motifs is 6. The molecule has 12 aromatic carbocycles. The number of amides is 4. The molecule has 16 aromatic rings. The van der Waals surface area contributed by atoms with Gasteiger partial charge in [0, 0.05) is 91.6 Å². The number of benzene rings is 12. The molecule has 0 aliphatic carbocycles. The molecule has 132 heavy (non-hydrogen) atoms. The van der Waals surface area contributed by atoms with Crippen molar-refractivity contribution in [3.8, 4) is 23.0 Å². The quantitative estimate of drug-likeness (QED) is 0.0285. The van der Waals surface area contributed by atoms with E-state index >= 15 is 0 Å². The number of aromatic nitrogens is 4. The molecule has 24 nitrogen and oxygen atoms in total. The fourth-order valence-corrected chi connectivity index (χ4v) is 18.3. The molecule has 0 saturated carbocycles. The molecule has 0 radical (unpaired) electrons. The van der Waals surface area contributed by atoms with Gasteiger partial charge in [-0.2, -0.15) is 0 Å². The number of hydrogen-bond acceptors (Lipinski definition) is 16. The van der Waals surface area contributed by atoms with Gasteiger partial charge in [-0.15, -0.1) is 0 Å². The van der Waals surface area contributed by atoms with E-state index in [1.807, 2.05) is 278 Å². The monoisotopic (exact) mass is 1890 g/mol. The van der Waals surface area contributed by atoms with Crippen LogP contribution in [0.1, 0.15) is 112 Å². The third-order valence-corrected chi connectivity index (χ3v) is 25.1. The first-order valence-corrected chi connectivity index (χ1v) is 51.0. The Balaban J connectivity index is 0.000000150. The van der Waals surface area contributed by atoms with Gasteiger partial charge in [0.05, 0.1) is 51.5 Å². The minimum atomic E-state index is -3.73. The zero-order valence-electron chi connectivity index (χ0n) is 74.2. The minimum Gasteiger partial charge on any atom is -0.494 e. The molecule has 684 valence electrons. The van der Waals surface area contributed by atoms with Gasteiger partial charge in [-0.05, 0) is 193 Å². The van der Waals surface area contributed by atoms with Crippen LogP contribution in [0, 0.1) is 13.8 Å². The number of carbonyl (C=O) groups is 4.